The van der Waals surface area contributed by atoms with Gasteiger partial charge in [0.1, 0.15) is 12.4 Å². The molecule has 0 unspecified atom stereocenters. The van der Waals surface area contributed by atoms with Gasteiger partial charge in [-0.2, -0.15) is 0 Å². The number of aromatic nitrogens is 1. The summed E-state index contributed by atoms with van der Waals surface area (Å²) in [4.78, 5) is 0. The summed E-state index contributed by atoms with van der Waals surface area (Å²) in [6, 6.07) is 14.1. The molecule has 1 N–H and O–H groups in total. The first-order chi connectivity index (χ1) is 10.3. The van der Waals surface area contributed by atoms with Crippen molar-refractivity contribution >= 4 is 26.7 Å². The average Bonchev–Trinajstić information content (AvgIpc) is 2.95. The summed E-state index contributed by atoms with van der Waals surface area (Å²) in [6.45, 7) is 1.04. The Kier molecular flexibility index (Phi) is 4.22. The number of nitrogens with one attached hydrogen (secondary N) is 1. The van der Waals surface area contributed by atoms with Crippen molar-refractivity contribution < 1.29 is 9.26 Å². The Labute approximate surface area is 131 Å². The van der Waals surface area contributed by atoms with Crippen LogP contribution in [-0.2, 0) is 13.2 Å². The lowest BCUT2D eigenvalue weighted by molar-refractivity contribution is 0.247. The van der Waals surface area contributed by atoms with Crippen LogP contribution in [0.15, 0.2) is 51.5 Å². The molecule has 0 spiro atoms. The third-order valence-corrected chi connectivity index (χ3v) is 3.98. The molecule has 0 atom stereocenters. The number of nitrogens with zero attached hydrogens (tertiary/aromatic N) is 1. The number of fused-ring (bicyclic) bond motifs is 1. The molecule has 5 heteroatoms. The molecule has 0 aliphatic rings. The van der Waals surface area contributed by atoms with Gasteiger partial charge in [-0.05, 0) is 39.8 Å². The van der Waals surface area contributed by atoms with Crippen molar-refractivity contribution in [2.24, 2.45) is 0 Å². The van der Waals surface area contributed by atoms with E-state index < -0.39 is 0 Å². The van der Waals surface area contributed by atoms with Crippen molar-refractivity contribution in [3.63, 3.8) is 0 Å². The minimum absolute atomic E-state index is 0.355. The maximum Gasteiger partial charge on any atom is 0.174 e. The van der Waals surface area contributed by atoms with Crippen molar-refractivity contribution in [3.8, 4) is 5.75 Å². The van der Waals surface area contributed by atoms with E-state index in [9.17, 15) is 0 Å². The topological polar surface area (TPSA) is 47.3 Å². The van der Waals surface area contributed by atoms with Gasteiger partial charge in [-0.15, -0.1) is 0 Å². The summed E-state index contributed by atoms with van der Waals surface area (Å²) in [7, 11) is 1.87. The number of hydrogen-bond acceptors (Lipinski definition) is 4. The van der Waals surface area contributed by atoms with Crippen molar-refractivity contribution in [1.29, 1.82) is 0 Å². The number of benzene rings is 2. The fourth-order valence-electron chi connectivity index (χ4n) is 2.16. The molecular weight excluding hydrogens is 332 g/mol. The van der Waals surface area contributed by atoms with Crippen LogP contribution in [0.5, 0.6) is 5.75 Å². The predicted molar refractivity (Wildman–Crippen MR) is 85.2 cm³/mol. The molecule has 21 heavy (non-hydrogen) atoms. The van der Waals surface area contributed by atoms with Crippen LogP contribution < -0.4 is 10.1 Å². The van der Waals surface area contributed by atoms with Crippen molar-refractivity contribution in [2.75, 3.05) is 7.05 Å². The largest absolute Gasteiger partial charge is 0.484 e. The molecule has 0 saturated carbocycles. The normalized spacial score (nSPS) is 11.0. The molecule has 0 aliphatic heterocycles. The molecule has 108 valence electrons. The van der Waals surface area contributed by atoms with Crippen LogP contribution >= 0.6 is 15.9 Å². The van der Waals surface area contributed by atoms with Crippen LogP contribution in [0.1, 0.15) is 11.5 Å². The van der Waals surface area contributed by atoms with E-state index in [1.165, 1.54) is 5.39 Å². The van der Waals surface area contributed by atoms with E-state index in [2.05, 4.69) is 38.5 Å². The first-order valence-electron chi connectivity index (χ1n) is 6.67. The zero-order valence-corrected chi connectivity index (χ0v) is 13.2. The lowest BCUT2D eigenvalue weighted by Crippen LogP contribution is -2.04. The molecule has 1 heterocycles. The van der Waals surface area contributed by atoms with Crippen molar-refractivity contribution in [3.05, 3.63) is 58.4 Å². The number of ether oxygens (including phenoxy) is 1. The van der Waals surface area contributed by atoms with Gasteiger partial charge in [0.2, 0.25) is 0 Å². The Morgan fingerprint density at radius 1 is 1.24 bits per heavy atom. The fourth-order valence-corrected chi connectivity index (χ4v) is 2.77. The average molecular weight is 347 g/mol. The Balaban J connectivity index is 1.76. The van der Waals surface area contributed by atoms with Crippen LogP contribution in [0.2, 0.25) is 0 Å². The quantitative estimate of drug-likeness (QED) is 0.761. The molecule has 4 nitrogen and oxygen atoms in total. The van der Waals surface area contributed by atoms with Gasteiger partial charge >= 0.3 is 0 Å². The zero-order chi connectivity index (χ0) is 14.7. The van der Waals surface area contributed by atoms with Gasteiger partial charge in [-0.1, -0.05) is 35.5 Å². The van der Waals surface area contributed by atoms with Gasteiger partial charge in [0.05, 0.1) is 10.2 Å². The van der Waals surface area contributed by atoms with Crippen molar-refractivity contribution in [1.82, 2.24) is 10.5 Å². The number of halogens is 1. The molecular formula is C16H15BrN2O2. The maximum atomic E-state index is 5.82. The number of rotatable bonds is 5. The highest BCUT2D eigenvalue weighted by Crippen LogP contribution is 2.33. The van der Waals surface area contributed by atoms with Gasteiger partial charge in [-0.3, -0.25) is 0 Å². The van der Waals surface area contributed by atoms with E-state index in [0.717, 1.165) is 21.3 Å². The summed E-state index contributed by atoms with van der Waals surface area (Å²) >= 11 is 3.60. The van der Waals surface area contributed by atoms with Gasteiger partial charge < -0.3 is 14.6 Å². The first-order valence-corrected chi connectivity index (χ1v) is 7.46. The van der Waals surface area contributed by atoms with E-state index in [0.29, 0.717) is 18.9 Å². The smallest absolute Gasteiger partial charge is 0.174 e. The summed E-state index contributed by atoms with van der Waals surface area (Å²) < 4.78 is 12.0. The summed E-state index contributed by atoms with van der Waals surface area (Å²) in [5.74, 6) is 1.50. The Morgan fingerprint density at radius 3 is 2.95 bits per heavy atom. The fraction of sp³-hybridized carbons (Fsp3) is 0.188. The molecule has 0 aliphatic carbocycles. The van der Waals surface area contributed by atoms with E-state index in [4.69, 9.17) is 9.26 Å². The van der Waals surface area contributed by atoms with Crippen LogP contribution in [0.25, 0.3) is 10.8 Å². The molecule has 0 radical (unpaired) electrons. The van der Waals surface area contributed by atoms with Gasteiger partial charge in [-0.25, -0.2) is 0 Å². The highest BCUT2D eigenvalue weighted by atomic mass is 79.9. The molecule has 3 rings (SSSR count). The predicted octanol–water partition coefficient (Wildman–Crippen LogP) is 3.89. The second-order valence-electron chi connectivity index (χ2n) is 4.70. The lowest BCUT2D eigenvalue weighted by Gasteiger charge is -2.08. The van der Waals surface area contributed by atoms with E-state index in [-0.39, 0.29) is 0 Å². The minimum Gasteiger partial charge on any atom is -0.484 e. The Bertz CT molecular complexity index is 755. The maximum absolute atomic E-state index is 5.82. The second kappa shape index (κ2) is 6.28. The molecule has 2 aromatic carbocycles. The highest BCUT2D eigenvalue weighted by Gasteiger charge is 2.08. The van der Waals surface area contributed by atoms with E-state index >= 15 is 0 Å². The van der Waals surface area contributed by atoms with Crippen LogP contribution in [0.4, 0.5) is 0 Å². The molecule has 0 fully saturated rings. The SMILES string of the molecule is CNCc1cc(COc2ccc3ccccc3c2Br)on1. The summed E-state index contributed by atoms with van der Waals surface area (Å²) in [5.41, 5.74) is 0.869. The standard InChI is InChI=1S/C16H15BrN2O2/c1-18-9-12-8-13(21-19-12)10-20-15-7-6-11-4-2-3-5-14(11)16(15)17/h2-8,18H,9-10H2,1H3. The van der Waals surface area contributed by atoms with Gasteiger partial charge in [0.25, 0.3) is 0 Å². The van der Waals surface area contributed by atoms with Crippen LogP contribution in [-0.4, -0.2) is 12.2 Å². The first kappa shape index (κ1) is 14.1. The van der Waals surface area contributed by atoms with E-state index in [1.54, 1.807) is 0 Å². The zero-order valence-electron chi connectivity index (χ0n) is 11.6. The lowest BCUT2D eigenvalue weighted by atomic mass is 10.1. The minimum atomic E-state index is 0.355. The van der Waals surface area contributed by atoms with E-state index in [1.807, 2.05) is 37.4 Å². The molecule has 0 saturated heterocycles. The summed E-state index contributed by atoms with van der Waals surface area (Å²) in [6.07, 6.45) is 0. The Morgan fingerprint density at radius 2 is 2.10 bits per heavy atom. The molecule has 0 amide bonds. The third-order valence-electron chi connectivity index (χ3n) is 3.16. The highest BCUT2D eigenvalue weighted by molar-refractivity contribution is 9.10. The summed E-state index contributed by atoms with van der Waals surface area (Å²) in [5, 5.41) is 9.29. The van der Waals surface area contributed by atoms with Gasteiger partial charge in [0, 0.05) is 12.6 Å². The van der Waals surface area contributed by atoms with Crippen LogP contribution in [0.3, 0.4) is 0 Å². The third kappa shape index (κ3) is 3.09. The van der Waals surface area contributed by atoms with Crippen LogP contribution in [0, 0.1) is 0 Å². The molecule has 0 bridgehead atoms. The number of hydrogen-bond donors (Lipinski definition) is 1. The molecule has 3 aromatic rings. The van der Waals surface area contributed by atoms with Crippen molar-refractivity contribution in [2.45, 2.75) is 13.2 Å². The van der Waals surface area contributed by atoms with Gasteiger partial charge in [0.15, 0.2) is 5.76 Å². The monoisotopic (exact) mass is 346 g/mol. The second-order valence-corrected chi connectivity index (χ2v) is 5.50. The Hall–Kier alpha value is -1.85. The molecule has 1 aromatic heterocycles.